The average Bonchev–Trinajstić information content (AvgIpc) is 2.60. The first-order chi connectivity index (χ1) is 12.4. The highest BCUT2D eigenvalue weighted by atomic mass is 79.9. The Morgan fingerprint density at radius 1 is 1.46 bits per heavy atom. The maximum absolute atomic E-state index is 13.6. The largest absolute Gasteiger partial charge is 0.460 e. The van der Waals surface area contributed by atoms with Crippen LogP contribution < -0.4 is 5.32 Å². The third-order valence-corrected chi connectivity index (χ3v) is 4.53. The summed E-state index contributed by atoms with van der Waals surface area (Å²) in [5.41, 5.74) is 1.30. The number of methoxy groups -OCH3 is 1. The SMILES string of the molecule is C=CCN1C(=O)NC(c2ccc(F)c(Br)c2)C(C(=O)OCCOC)=C1C. The fourth-order valence-electron chi connectivity index (χ4n) is 2.63. The second-order valence-electron chi connectivity index (χ2n) is 5.58. The number of carbonyl (C=O) groups is 2. The smallest absolute Gasteiger partial charge is 0.338 e. The molecule has 0 spiro atoms. The number of allylic oxidation sites excluding steroid dienone is 1. The van der Waals surface area contributed by atoms with Gasteiger partial charge in [0.1, 0.15) is 12.4 Å². The summed E-state index contributed by atoms with van der Waals surface area (Å²) in [7, 11) is 1.50. The Labute approximate surface area is 159 Å². The molecule has 0 bridgehead atoms. The Balaban J connectivity index is 2.46. The van der Waals surface area contributed by atoms with Crippen molar-refractivity contribution in [3.8, 4) is 0 Å². The first-order valence-electron chi connectivity index (χ1n) is 7.91. The average molecular weight is 427 g/mol. The van der Waals surface area contributed by atoms with Gasteiger partial charge in [0, 0.05) is 19.4 Å². The van der Waals surface area contributed by atoms with Crippen LogP contribution in [0.4, 0.5) is 9.18 Å². The molecular formula is C18H20BrFN2O4. The van der Waals surface area contributed by atoms with E-state index in [9.17, 15) is 14.0 Å². The van der Waals surface area contributed by atoms with Gasteiger partial charge in [0.05, 0.1) is 22.7 Å². The van der Waals surface area contributed by atoms with Crippen molar-refractivity contribution in [2.45, 2.75) is 13.0 Å². The molecule has 0 fully saturated rings. The van der Waals surface area contributed by atoms with E-state index in [0.717, 1.165) is 0 Å². The second-order valence-corrected chi connectivity index (χ2v) is 6.44. The van der Waals surface area contributed by atoms with Gasteiger partial charge in [-0.2, -0.15) is 0 Å². The van der Waals surface area contributed by atoms with Crippen LogP contribution in [0.15, 0.2) is 46.6 Å². The van der Waals surface area contributed by atoms with Crippen molar-refractivity contribution in [1.82, 2.24) is 10.2 Å². The number of hydrogen-bond donors (Lipinski definition) is 1. The number of urea groups is 1. The van der Waals surface area contributed by atoms with Crippen molar-refractivity contribution >= 4 is 27.9 Å². The quantitative estimate of drug-likeness (QED) is 0.412. The fourth-order valence-corrected chi connectivity index (χ4v) is 3.03. The van der Waals surface area contributed by atoms with E-state index in [-0.39, 0.29) is 35.8 Å². The number of ether oxygens (including phenoxy) is 2. The van der Waals surface area contributed by atoms with Crippen LogP contribution in [0.1, 0.15) is 18.5 Å². The van der Waals surface area contributed by atoms with Gasteiger partial charge in [-0.25, -0.2) is 14.0 Å². The Morgan fingerprint density at radius 3 is 2.81 bits per heavy atom. The van der Waals surface area contributed by atoms with Gasteiger partial charge in [-0.1, -0.05) is 12.1 Å². The summed E-state index contributed by atoms with van der Waals surface area (Å²) < 4.78 is 23.9. The number of benzene rings is 1. The lowest BCUT2D eigenvalue weighted by Crippen LogP contribution is -2.48. The molecule has 140 valence electrons. The lowest BCUT2D eigenvalue weighted by molar-refractivity contribution is -0.140. The van der Waals surface area contributed by atoms with Crippen molar-refractivity contribution in [1.29, 1.82) is 0 Å². The second kappa shape index (κ2) is 8.95. The van der Waals surface area contributed by atoms with E-state index < -0.39 is 17.8 Å². The van der Waals surface area contributed by atoms with E-state index in [1.807, 2.05) is 0 Å². The van der Waals surface area contributed by atoms with Crippen molar-refractivity contribution in [2.75, 3.05) is 26.9 Å². The minimum atomic E-state index is -0.754. The van der Waals surface area contributed by atoms with Gasteiger partial charge in [0.2, 0.25) is 0 Å². The van der Waals surface area contributed by atoms with Gasteiger partial charge in [-0.3, -0.25) is 4.90 Å². The van der Waals surface area contributed by atoms with Crippen molar-refractivity contribution < 1.29 is 23.5 Å². The molecule has 26 heavy (non-hydrogen) atoms. The maximum Gasteiger partial charge on any atom is 0.338 e. The Hall–Kier alpha value is -2.19. The van der Waals surface area contributed by atoms with Crippen molar-refractivity contribution in [3.63, 3.8) is 0 Å². The third-order valence-electron chi connectivity index (χ3n) is 3.93. The highest BCUT2D eigenvalue weighted by Crippen LogP contribution is 2.33. The molecule has 1 aromatic rings. The molecule has 0 aromatic heterocycles. The summed E-state index contributed by atoms with van der Waals surface area (Å²) in [5.74, 6) is -1.01. The number of rotatable bonds is 7. The van der Waals surface area contributed by atoms with Crippen LogP contribution in [0.25, 0.3) is 0 Å². The van der Waals surface area contributed by atoms with Crippen LogP contribution in [-0.4, -0.2) is 43.8 Å². The van der Waals surface area contributed by atoms with Gasteiger partial charge in [-0.15, -0.1) is 6.58 Å². The van der Waals surface area contributed by atoms with Crippen molar-refractivity contribution in [3.05, 3.63) is 58.0 Å². The topological polar surface area (TPSA) is 67.9 Å². The summed E-state index contributed by atoms with van der Waals surface area (Å²) in [6, 6.07) is 3.19. The van der Waals surface area contributed by atoms with E-state index in [0.29, 0.717) is 11.3 Å². The number of esters is 1. The highest BCUT2D eigenvalue weighted by molar-refractivity contribution is 9.10. The molecular weight excluding hydrogens is 407 g/mol. The molecule has 0 aliphatic carbocycles. The van der Waals surface area contributed by atoms with Crippen LogP contribution in [0.3, 0.4) is 0 Å². The maximum atomic E-state index is 13.6. The lowest BCUT2D eigenvalue weighted by atomic mass is 9.95. The number of nitrogens with one attached hydrogen (secondary N) is 1. The predicted octanol–water partition coefficient (Wildman–Crippen LogP) is 3.30. The normalized spacial score (nSPS) is 17.2. The number of amides is 2. The molecule has 8 heteroatoms. The first-order valence-corrected chi connectivity index (χ1v) is 8.70. The van der Waals surface area contributed by atoms with Crippen LogP contribution >= 0.6 is 15.9 Å². The highest BCUT2D eigenvalue weighted by Gasteiger charge is 2.36. The molecule has 1 aromatic carbocycles. The molecule has 0 saturated carbocycles. The molecule has 1 aliphatic heterocycles. The Kier molecular flexibility index (Phi) is 6.93. The number of halogens is 2. The molecule has 1 N–H and O–H groups in total. The number of nitrogens with zero attached hydrogens (tertiary/aromatic N) is 1. The van der Waals surface area contributed by atoms with E-state index in [1.165, 1.54) is 30.2 Å². The van der Waals surface area contributed by atoms with E-state index in [2.05, 4.69) is 27.8 Å². The van der Waals surface area contributed by atoms with Gasteiger partial charge >= 0.3 is 12.0 Å². The third kappa shape index (κ3) is 4.31. The lowest BCUT2D eigenvalue weighted by Gasteiger charge is -2.35. The van der Waals surface area contributed by atoms with Crippen LogP contribution in [0.5, 0.6) is 0 Å². The molecule has 1 aliphatic rings. The van der Waals surface area contributed by atoms with Gasteiger partial charge in [0.15, 0.2) is 0 Å². The Morgan fingerprint density at radius 2 is 2.19 bits per heavy atom. The zero-order chi connectivity index (χ0) is 19.3. The van der Waals surface area contributed by atoms with E-state index >= 15 is 0 Å². The monoisotopic (exact) mass is 426 g/mol. The minimum Gasteiger partial charge on any atom is -0.460 e. The summed E-state index contributed by atoms with van der Waals surface area (Å²) in [4.78, 5) is 26.5. The molecule has 6 nitrogen and oxygen atoms in total. The minimum absolute atomic E-state index is 0.0847. The Bertz CT molecular complexity index is 751. The molecule has 1 heterocycles. The zero-order valence-corrected chi connectivity index (χ0v) is 16.1. The van der Waals surface area contributed by atoms with Crippen LogP contribution in [0.2, 0.25) is 0 Å². The summed E-state index contributed by atoms with van der Waals surface area (Å²) >= 11 is 3.13. The summed E-state index contributed by atoms with van der Waals surface area (Å²) in [5, 5.41) is 2.77. The van der Waals surface area contributed by atoms with Gasteiger partial charge < -0.3 is 14.8 Å². The van der Waals surface area contributed by atoms with Gasteiger partial charge in [-0.05, 0) is 40.5 Å². The number of hydrogen-bond acceptors (Lipinski definition) is 4. The van der Waals surface area contributed by atoms with E-state index in [1.54, 1.807) is 13.0 Å². The van der Waals surface area contributed by atoms with Crippen LogP contribution in [0, 0.1) is 5.82 Å². The fraction of sp³-hybridized carbons (Fsp3) is 0.333. The number of carbonyl (C=O) groups excluding carboxylic acids is 2. The molecule has 1 unspecified atom stereocenters. The molecule has 1 atom stereocenters. The summed E-state index contributed by atoms with van der Waals surface area (Å²) in [6.07, 6.45) is 1.56. The molecule has 2 amide bonds. The molecule has 0 radical (unpaired) electrons. The molecule has 2 rings (SSSR count). The standard InChI is InChI=1S/C18H20BrFN2O4/c1-4-7-22-11(2)15(17(23)26-9-8-25-3)16(21-18(22)24)12-5-6-14(20)13(19)10-12/h4-6,10,16H,1,7-9H2,2-3H3,(H,21,24). The summed E-state index contributed by atoms with van der Waals surface area (Å²) in [6.45, 7) is 5.88. The van der Waals surface area contributed by atoms with Gasteiger partial charge in [0.25, 0.3) is 0 Å². The first kappa shape index (κ1) is 20.1. The predicted molar refractivity (Wildman–Crippen MR) is 97.8 cm³/mol. The van der Waals surface area contributed by atoms with Crippen LogP contribution in [-0.2, 0) is 14.3 Å². The van der Waals surface area contributed by atoms with E-state index in [4.69, 9.17) is 9.47 Å². The van der Waals surface area contributed by atoms with Crippen molar-refractivity contribution in [2.24, 2.45) is 0 Å². The molecule has 0 saturated heterocycles. The zero-order valence-electron chi connectivity index (χ0n) is 14.6.